The molecule has 1 aromatic heterocycles. The van der Waals surface area contributed by atoms with E-state index in [0.29, 0.717) is 24.5 Å². The predicted molar refractivity (Wildman–Crippen MR) is 83.5 cm³/mol. The largest absolute Gasteiger partial charge is 0.329 e. The second-order valence-electron chi connectivity index (χ2n) is 6.62. The zero-order chi connectivity index (χ0) is 14.7. The number of aromatic nitrogens is 2. The smallest absolute Gasteiger partial charge is 0.0641 e. The standard InChI is InChI=1S/C16H30N4/c1-12(2)10-20(14-7-5-6-8-14)16(9-17)15-11-19(4)18-13(15)3/h11-12,14,16H,5-10,17H2,1-4H3. The molecular weight excluding hydrogens is 248 g/mol. The van der Waals surface area contributed by atoms with E-state index in [1.165, 1.54) is 31.2 Å². The number of hydrogen-bond acceptors (Lipinski definition) is 3. The van der Waals surface area contributed by atoms with Gasteiger partial charge in [0.25, 0.3) is 0 Å². The van der Waals surface area contributed by atoms with Gasteiger partial charge >= 0.3 is 0 Å². The van der Waals surface area contributed by atoms with Gasteiger partial charge < -0.3 is 5.73 Å². The summed E-state index contributed by atoms with van der Waals surface area (Å²) in [7, 11) is 1.99. The van der Waals surface area contributed by atoms with Crippen LogP contribution in [0.2, 0.25) is 0 Å². The normalized spacial score (nSPS) is 18.4. The lowest BCUT2D eigenvalue weighted by Gasteiger charge is -2.37. The molecular formula is C16H30N4. The van der Waals surface area contributed by atoms with Crippen molar-refractivity contribution < 1.29 is 0 Å². The van der Waals surface area contributed by atoms with Crippen molar-refractivity contribution >= 4 is 0 Å². The molecule has 0 bridgehead atoms. The molecule has 1 heterocycles. The second kappa shape index (κ2) is 6.72. The molecule has 1 fully saturated rings. The third-order valence-corrected chi connectivity index (χ3v) is 4.40. The van der Waals surface area contributed by atoms with Crippen molar-refractivity contribution in [3.63, 3.8) is 0 Å². The molecule has 2 rings (SSSR count). The maximum Gasteiger partial charge on any atom is 0.0641 e. The average Bonchev–Trinajstić information content (AvgIpc) is 2.99. The monoisotopic (exact) mass is 278 g/mol. The molecule has 1 saturated carbocycles. The van der Waals surface area contributed by atoms with Crippen molar-refractivity contribution in [2.24, 2.45) is 18.7 Å². The van der Waals surface area contributed by atoms with Crippen molar-refractivity contribution in [2.75, 3.05) is 13.1 Å². The van der Waals surface area contributed by atoms with Crippen molar-refractivity contribution in [1.82, 2.24) is 14.7 Å². The molecule has 0 amide bonds. The summed E-state index contributed by atoms with van der Waals surface area (Å²) in [6.07, 6.45) is 7.52. The van der Waals surface area contributed by atoms with E-state index in [1.54, 1.807) is 0 Å². The third kappa shape index (κ3) is 3.41. The Hall–Kier alpha value is -0.870. The van der Waals surface area contributed by atoms with Crippen LogP contribution in [0.5, 0.6) is 0 Å². The minimum Gasteiger partial charge on any atom is -0.329 e. The zero-order valence-electron chi connectivity index (χ0n) is 13.5. The minimum absolute atomic E-state index is 0.314. The first-order valence-electron chi connectivity index (χ1n) is 7.98. The van der Waals surface area contributed by atoms with Crippen LogP contribution < -0.4 is 5.73 Å². The topological polar surface area (TPSA) is 47.1 Å². The molecule has 0 saturated heterocycles. The van der Waals surface area contributed by atoms with Crippen LogP contribution >= 0.6 is 0 Å². The summed E-state index contributed by atoms with van der Waals surface area (Å²) >= 11 is 0. The Morgan fingerprint density at radius 2 is 2.05 bits per heavy atom. The number of nitrogens with two attached hydrogens (primary N) is 1. The molecule has 0 spiro atoms. The highest BCUT2D eigenvalue weighted by Crippen LogP contribution is 2.32. The molecule has 20 heavy (non-hydrogen) atoms. The van der Waals surface area contributed by atoms with Gasteiger partial charge in [0.1, 0.15) is 0 Å². The summed E-state index contributed by atoms with van der Waals surface area (Å²) in [6.45, 7) is 8.49. The van der Waals surface area contributed by atoms with Crippen molar-refractivity contribution in [3.05, 3.63) is 17.5 Å². The lowest BCUT2D eigenvalue weighted by Crippen LogP contribution is -2.42. The maximum atomic E-state index is 6.15. The molecule has 2 N–H and O–H groups in total. The summed E-state index contributed by atoms with van der Waals surface area (Å²) in [6, 6.07) is 1.01. The van der Waals surface area contributed by atoms with Gasteiger partial charge in [0.2, 0.25) is 0 Å². The van der Waals surface area contributed by atoms with Gasteiger partial charge in [0, 0.05) is 37.9 Å². The number of hydrogen-bond donors (Lipinski definition) is 1. The fraction of sp³-hybridized carbons (Fsp3) is 0.812. The first-order chi connectivity index (χ1) is 9.52. The molecule has 0 radical (unpaired) electrons. The molecule has 4 heteroatoms. The number of rotatable bonds is 6. The quantitative estimate of drug-likeness (QED) is 0.870. The van der Waals surface area contributed by atoms with E-state index < -0.39 is 0 Å². The van der Waals surface area contributed by atoms with E-state index in [1.807, 2.05) is 11.7 Å². The van der Waals surface area contributed by atoms with E-state index in [-0.39, 0.29) is 0 Å². The van der Waals surface area contributed by atoms with Crippen molar-refractivity contribution in [3.8, 4) is 0 Å². The highest BCUT2D eigenvalue weighted by atomic mass is 15.3. The lowest BCUT2D eigenvalue weighted by atomic mass is 10.0. The van der Waals surface area contributed by atoms with Gasteiger partial charge in [-0.15, -0.1) is 0 Å². The summed E-state index contributed by atoms with van der Waals surface area (Å²) in [5.41, 5.74) is 8.58. The van der Waals surface area contributed by atoms with Gasteiger partial charge in [0.15, 0.2) is 0 Å². The molecule has 1 aliphatic carbocycles. The fourth-order valence-electron chi connectivity index (χ4n) is 3.57. The molecule has 1 atom stereocenters. The Morgan fingerprint density at radius 3 is 2.50 bits per heavy atom. The van der Waals surface area contributed by atoms with Crippen LogP contribution in [0.3, 0.4) is 0 Å². The first-order valence-corrected chi connectivity index (χ1v) is 7.98. The number of aryl methyl sites for hydroxylation is 2. The van der Waals surface area contributed by atoms with Crippen LogP contribution in [0.1, 0.15) is 56.8 Å². The van der Waals surface area contributed by atoms with E-state index in [2.05, 4.69) is 37.0 Å². The zero-order valence-corrected chi connectivity index (χ0v) is 13.5. The van der Waals surface area contributed by atoms with E-state index in [4.69, 9.17) is 5.73 Å². The van der Waals surface area contributed by atoms with Crippen molar-refractivity contribution in [2.45, 2.75) is 58.5 Å². The predicted octanol–water partition coefficient (Wildman–Crippen LogP) is 2.63. The van der Waals surface area contributed by atoms with Crippen LogP contribution in [0.25, 0.3) is 0 Å². The van der Waals surface area contributed by atoms with Gasteiger partial charge in [-0.05, 0) is 25.7 Å². The molecule has 4 nitrogen and oxygen atoms in total. The molecule has 0 aliphatic heterocycles. The van der Waals surface area contributed by atoms with E-state index >= 15 is 0 Å². The molecule has 1 unspecified atom stereocenters. The van der Waals surface area contributed by atoms with Gasteiger partial charge in [-0.3, -0.25) is 9.58 Å². The highest BCUT2D eigenvalue weighted by Gasteiger charge is 2.30. The van der Waals surface area contributed by atoms with Gasteiger partial charge in [-0.1, -0.05) is 26.7 Å². The van der Waals surface area contributed by atoms with Crippen LogP contribution in [-0.4, -0.2) is 33.8 Å². The summed E-state index contributed by atoms with van der Waals surface area (Å²) < 4.78 is 1.91. The Kier molecular flexibility index (Phi) is 5.22. The van der Waals surface area contributed by atoms with Crippen LogP contribution in [0, 0.1) is 12.8 Å². The van der Waals surface area contributed by atoms with Crippen LogP contribution in [-0.2, 0) is 7.05 Å². The number of nitrogens with zero attached hydrogens (tertiary/aromatic N) is 3. The summed E-state index contributed by atoms with van der Waals surface area (Å²) in [5.74, 6) is 0.668. The van der Waals surface area contributed by atoms with Gasteiger partial charge in [-0.25, -0.2) is 0 Å². The SMILES string of the molecule is Cc1nn(C)cc1C(CN)N(CC(C)C)C1CCCC1. The average molecular weight is 278 g/mol. The lowest BCUT2D eigenvalue weighted by molar-refractivity contribution is 0.121. The summed E-state index contributed by atoms with van der Waals surface area (Å²) in [4.78, 5) is 2.65. The fourth-order valence-corrected chi connectivity index (χ4v) is 3.57. The highest BCUT2D eigenvalue weighted by molar-refractivity contribution is 5.21. The van der Waals surface area contributed by atoms with Gasteiger partial charge in [-0.2, -0.15) is 5.10 Å². The molecule has 1 aliphatic rings. The van der Waals surface area contributed by atoms with Gasteiger partial charge in [0.05, 0.1) is 11.7 Å². The summed E-state index contributed by atoms with van der Waals surface area (Å²) in [5, 5.41) is 4.50. The molecule has 1 aromatic rings. The Bertz CT molecular complexity index is 418. The van der Waals surface area contributed by atoms with E-state index in [9.17, 15) is 0 Å². The minimum atomic E-state index is 0.314. The second-order valence-corrected chi connectivity index (χ2v) is 6.62. The van der Waals surface area contributed by atoms with Crippen LogP contribution in [0.4, 0.5) is 0 Å². The van der Waals surface area contributed by atoms with E-state index in [0.717, 1.165) is 12.2 Å². The van der Waals surface area contributed by atoms with Crippen molar-refractivity contribution in [1.29, 1.82) is 0 Å². The molecule has 114 valence electrons. The Labute approximate surface area is 123 Å². The third-order valence-electron chi connectivity index (χ3n) is 4.40. The Balaban J connectivity index is 2.25. The Morgan fingerprint density at radius 1 is 1.40 bits per heavy atom. The first kappa shape index (κ1) is 15.5. The van der Waals surface area contributed by atoms with Crippen LogP contribution in [0.15, 0.2) is 6.20 Å². The molecule has 0 aromatic carbocycles. The maximum absolute atomic E-state index is 6.15.